The monoisotopic (exact) mass is 406 g/mol. The molecule has 0 amide bonds. The first-order valence-electron chi connectivity index (χ1n) is 4.86. The normalized spacial score (nSPS) is 16.2. The van der Waals surface area contributed by atoms with Crippen LogP contribution < -0.4 is 68.9 Å². The van der Waals surface area contributed by atoms with Gasteiger partial charge in [0.05, 0.1) is 26.4 Å². The van der Waals surface area contributed by atoms with E-state index in [0.717, 1.165) is 0 Å². The van der Waals surface area contributed by atoms with E-state index in [2.05, 4.69) is 9.05 Å². The molecule has 0 radical (unpaired) electrons. The molecule has 8 N–H and O–H groups in total. The Hall–Kier alpha value is 2.02. The zero-order valence-electron chi connectivity index (χ0n) is 12.5. The van der Waals surface area contributed by atoms with E-state index in [0.29, 0.717) is 0 Å². The van der Waals surface area contributed by atoms with Gasteiger partial charge in [0.25, 0.3) is 15.6 Å². The standard InChI is InChI=1S/2C3H9O6P.2Na.H2O/c4-1-3(5)2-9-10(6,7)8;4-1-3(2-5)9-10(6,7)8;;;/h2*3-5H,1-2H2,(H2,6,7,8);;;1H2/q;;2*+1;/p-2. The number of rotatable bonds is 8. The largest absolute Gasteiger partial charge is 1.00 e. The van der Waals surface area contributed by atoms with E-state index in [9.17, 15) is 18.9 Å². The van der Waals surface area contributed by atoms with E-state index in [4.69, 9.17) is 30.2 Å². The smallest absolute Gasteiger partial charge is 0.756 e. The molecule has 0 saturated heterocycles. The van der Waals surface area contributed by atoms with E-state index < -0.39 is 54.3 Å². The van der Waals surface area contributed by atoms with Crippen molar-refractivity contribution in [2.75, 3.05) is 26.4 Å². The Bertz CT molecular complexity index is 328. The zero-order chi connectivity index (χ0) is 16.4. The predicted octanol–water partition coefficient (Wildman–Crippen LogP) is -11.2. The summed E-state index contributed by atoms with van der Waals surface area (Å²) in [6, 6.07) is 0. The Morgan fingerprint density at radius 1 is 0.913 bits per heavy atom. The Morgan fingerprint density at radius 3 is 1.48 bits per heavy atom. The average molecular weight is 406 g/mol. The molecule has 0 aliphatic carbocycles. The SMILES string of the molecule is O.O=P([O-])(O)OC(CO)CO.O=P([O-])(O)OCC(O)CO.[Na+].[Na+]. The van der Waals surface area contributed by atoms with Gasteiger partial charge in [0, 0.05) is 0 Å². The van der Waals surface area contributed by atoms with Crippen LogP contribution in [0.15, 0.2) is 0 Å². The van der Waals surface area contributed by atoms with Crippen LogP contribution in [0, 0.1) is 0 Å². The fourth-order valence-electron chi connectivity index (χ4n) is 0.546. The van der Waals surface area contributed by atoms with Gasteiger partial charge in [-0.1, -0.05) is 0 Å². The molecule has 0 aliphatic rings. The summed E-state index contributed by atoms with van der Waals surface area (Å²) in [6.07, 6.45) is -2.55. The summed E-state index contributed by atoms with van der Waals surface area (Å²) in [5.74, 6) is 0. The first kappa shape index (κ1) is 36.0. The topological polar surface area (TPSA) is 252 Å². The van der Waals surface area contributed by atoms with Crippen LogP contribution in [0.1, 0.15) is 0 Å². The third-order valence-corrected chi connectivity index (χ3v) is 2.37. The van der Waals surface area contributed by atoms with Crippen molar-refractivity contribution in [1.29, 1.82) is 0 Å². The van der Waals surface area contributed by atoms with Crippen LogP contribution in [0.5, 0.6) is 0 Å². The molecule has 0 aromatic heterocycles. The van der Waals surface area contributed by atoms with Crippen molar-refractivity contribution in [2.24, 2.45) is 0 Å². The fourth-order valence-corrected chi connectivity index (χ4v) is 1.42. The summed E-state index contributed by atoms with van der Waals surface area (Å²) in [7, 11) is -9.58. The molecule has 0 spiro atoms. The van der Waals surface area contributed by atoms with Gasteiger partial charge < -0.3 is 54.5 Å². The molecule has 0 aliphatic heterocycles. The number of phosphoric ester groups is 2. The molecular weight excluding hydrogens is 388 g/mol. The van der Waals surface area contributed by atoms with Crippen LogP contribution in [0.3, 0.4) is 0 Å². The molecule has 17 heteroatoms. The quantitative estimate of drug-likeness (QED) is 0.162. The summed E-state index contributed by atoms with van der Waals surface area (Å²) in [6.45, 7) is -2.57. The first-order valence-corrected chi connectivity index (χ1v) is 7.85. The zero-order valence-corrected chi connectivity index (χ0v) is 18.3. The minimum absolute atomic E-state index is 0. The minimum Gasteiger partial charge on any atom is -0.756 e. The molecule has 0 rings (SSSR count). The van der Waals surface area contributed by atoms with Gasteiger partial charge in [0.2, 0.25) is 0 Å². The van der Waals surface area contributed by atoms with Gasteiger partial charge in [-0.15, -0.1) is 0 Å². The Labute approximate surface area is 176 Å². The molecule has 0 heterocycles. The molecule has 0 fully saturated rings. The number of hydrogen-bond acceptors (Lipinski definition) is 10. The molecule has 3 atom stereocenters. The van der Waals surface area contributed by atoms with Gasteiger partial charge in [0.15, 0.2) is 0 Å². The Kier molecular flexibility index (Phi) is 29.4. The summed E-state index contributed by atoms with van der Waals surface area (Å²) in [5, 5.41) is 33.1. The van der Waals surface area contributed by atoms with Gasteiger partial charge in [-0.05, 0) is 0 Å². The van der Waals surface area contributed by atoms with Crippen LogP contribution in [0.4, 0.5) is 0 Å². The number of aliphatic hydroxyl groups is 4. The molecule has 0 aromatic carbocycles. The van der Waals surface area contributed by atoms with Crippen LogP contribution >= 0.6 is 15.6 Å². The van der Waals surface area contributed by atoms with Crippen LogP contribution in [-0.4, -0.2) is 74.3 Å². The third-order valence-electron chi connectivity index (χ3n) is 1.33. The average Bonchev–Trinajstić information content (AvgIpc) is 2.31. The summed E-state index contributed by atoms with van der Waals surface area (Å²) < 4.78 is 27.2. The fraction of sp³-hybridized carbons (Fsp3) is 1.00. The van der Waals surface area contributed by atoms with Crippen molar-refractivity contribution in [3.63, 3.8) is 0 Å². The van der Waals surface area contributed by atoms with Gasteiger partial charge in [-0.25, -0.2) is 0 Å². The summed E-state index contributed by atoms with van der Waals surface area (Å²) in [5.41, 5.74) is 0. The van der Waals surface area contributed by atoms with Gasteiger partial charge in [-0.3, -0.25) is 9.13 Å². The van der Waals surface area contributed by atoms with Crippen LogP contribution in [0.2, 0.25) is 0 Å². The van der Waals surface area contributed by atoms with Crippen LogP contribution in [0.25, 0.3) is 0 Å². The maximum atomic E-state index is 9.90. The number of hydrogen-bond donors (Lipinski definition) is 6. The molecule has 0 bridgehead atoms. The van der Waals surface area contributed by atoms with E-state index in [1.807, 2.05) is 0 Å². The molecular formula is C6H18Na2O13P2. The second-order valence-corrected chi connectivity index (χ2v) is 5.51. The molecule has 23 heavy (non-hydrogen) atoms. The predicted molar refractivity (Wildman–Crippen MR) is 61.4 cm³/mol. The van der Waals surface area contributed by atoms with Crippen molar-refractivity contribution in [1.82, 2.24) is 0 Å². The second kappa shape index (κ2) is 18.8. The molecule has 0 aromatic rings. The van der Waals surface area contributed by atoms with Crippen molar-refractivity contribution < 1.29 is 123 Å². The Morgan fingerprint density at radius 2 is 1.30 bits per heavy atom. The molecule has 0 saturated carbocycles. The van der Waals surface area contributed by atoms with E-state index in [1.165, 1.54) is 0 Å². The molecule has 3 unspecified atom stereocenters. The summed E-state index contributed by atoms with van der Waals surface area (Å²) in [4.78, 5) is 35.7. The van der Waals surface area contributed by atoms with Gasteiger partial charge >= 0.3 is 59.1 Å². The maximum absolute atomic E-state index is 9.90. The van der Waals surface area contributed by atoms with Crippen molar-refractivity contribution in [2.45, 2.75) is 12.2 Å². The molecule has 132 valence electrons. The van der Waals surface area contributed by atoms with E-state index in [1.54, 1.807) is 0 Å². The van der Waals surface area contributed by atoms with E-state index >= 15 is 0 Å². The summed E-state index contributed by atoms with van der Waals surface area (Å²) >= 11 is 0. The Balaban J connectivity index is -0.0000000831. The van der Waals surface area contributed by atoms with Crippen molar-refractivity contribution >= 4 is 15.6 Å². The van der Waals surface area contributed by atoms with Gasteiger partial charge in [0.1, 0.15) is 12.2 Å². The van der Waals surface area contributed by atoms with Crippen LogP contribution in [-0.2, 0) is 18.2 Å². The minimum atomic E-state index is -4.82. The number of aliphatic hydroxyl groups excluding tert-OH is 4. The maximum Gasteiger partial charge on any atom is 1.00 e. The van der Waals surface area contributed by atoms with Crippen molar-refractivity contribution in [3.8, 4) is 0 Å². The third kappa shape index (κ3) is 32.2. The molecule has 13 nitrogen and oxygen atoms in total. The second-order valence-electron chi connectivity index (χ2n) is 3.16. The van der Waals surface area contributed by atoms with E-state index in [-0.39, 0.29) is 64.6 Å². The first-order chi connectivity index (χ1) is 8.95. The van der Waals surface area contributed by atoms with Crippen molar-refractivity contribution in [3.05, 3.63) is 0 Å². The van der Waals surface area contributed by atoms with Gasteiger partial charge in [-0.2, -0.15) is 0 Å². The number of phosphoric acid groups is 2.